The van der Waals surface area contributed by atoms with Crippen LogP contribution in [0.15, 0.2) is 158 Å². The second-order valence-corrected chi connectivity index (χ2v) is 13.8. The van der Waals surface area contributed by atoms with E-state index in [1.807, 2.05) is 67.0 Å². The number of pyridine rings is 2. The zero-order valence-corrected chi connectivity index (χ0v) is 33.0. The minimum atomic E-state index is 0. The summed E-state index contributed by atoms with van der Waals surface area (Å²) in [5.41, 5.74) is 15.4. The summed E-state index contributed by atoms with van der Waals surface area (Å²) in [6.07, 6.45) is 3.89. The topological polar surface area (TPSA) is 44.2 Å². The van der Waals surface area contributed by atoms with E-state index in [-0.39, 0.29) is 26.8 Å². The Labute approximate surface area is 336 Å². The average Bonchev–Trinajstić information content (AvgIpc) is 3.22. The van der Waals surface area contributed by atoms with E-state index >= 15 is 0 Å². The van der Waals surface area contributed by atoms with Gasteiger partial charge in [-0.2, -0.15) is 0 Å². The van der Waals surface area contributed by atoms with E-state index in [1.54, 1.807) is 0 Å². The predicted octanol–water partition coefficient (Wildman–Crippen LogP) is 10.1. The van der Waals surface area contributed by atoms with Gasteiger partial charge < -0.3 is 19.4 Å². The molecule has 0 fully saturated rings. The Bertz CT molecular complexity index is 2650. The molecule has 8 aromatic rings. The van der Waals surface area contributed by atoms with Crippen LogP contribution >= 0.6 is 0 Å². The van der Waals surface area contributed by atoms with Crippen molar-refractivity contribution in [2.24, 2.45) is 0 Å². The molecule has 0 aliphatic carbocycles. The minimum absolute atomic E-state index is 0. The second kappa shape index (κ2) is 15.4. The smallest absolute Gasteiger partial charge is 0.241 e. The molecule has 10 rings (SSSR count). The van der Waals surface area contributed by atoms with Crippen molar-refractivity contribution in [1.82, 2.24) is 9.97 Å². The van der Waals surface area contributed by atoms with Crippen LogP contribution in [0, 0.1) is 32.9 Å². The summed E-state index contributed by atoms with van der Waals surface area (Å²) in [6.45, 7) is 6.33. The maximum atomic E-state index is 6.53. The SMILES string of the molecule is Cc1c[c-]c(-c2cc(-c3ccccc3)c(C)cn2)cc1.Cc1cc(-c2[c-]ccc3c2Oc2cccc4c2B3c2ccccc2O4)ncc1-c1ccccc1.[Ir]. The van der Waals surface area contributed by atoms with Gasteiger partial charge in [0.2, 0.25) is 6.71 Å². The zero-order chi connectivity index (χ0) is 36.6. The van der Waals surface area contributed by atoms with E-state index in [4.69, 9.17) is 14.5 Å². The van der Waals surface area contributed by atoms with Gasteiger partial charge in [0.15, 0.2) is 0 Å². The van der Waals surface area contributed by atoms with Crippen molar-refractivity contribution in [3.63, 3.8) is 0 Å². The minimum Gasteiger partial charge on any atom is -0.503 e. The molecule has 1 radical (unpaired) electrons. The molecule has 2 aromatic heterocycles. The van der Waals surface area contributed by atoms with Crippen LogP contribution in [0.2, 0.25) is 0 Å². The Morgan fingerprint density at radius 1 is 0.545 bits per heavy atom. The maximum absolute atomic E-state index is 6.53. The third-order valence-electron chi connectivity index (χ3n) is 10.2. The summed E-state index contributed by atoms with van der Waals surface area (Å²) < 4.78 is 12.8. The Morgan fingerprint density at radius 2 is 1.22 bits per heavy atom. The van der Waals surface area contributed by atoms with Gasteiger partial charge in [-0.1, -0.05) is 110 Å². The zero-order valence-electron chi connectivity index (χ0n) is 30.6. The van der Waals surface area contributed by atoms with E-state index in [2.05, 4.69) is 129 Å². The molecular weight excluding hydrogens is 852 g/mol. The van der Waals surface area contributed by atoms with Crippen LogP contribution in [-0.4, -0.2) is 16.7 Å². The normalized spacial score (nSPS) is 11.7. The van der Waals surface area contributed by atoms with Gasteiger partial charge in [-0.3, -0.25) is 0 Å². The first-order valence-corrected chi connectivity index (χ1v) is 18.2. The molecule has 6 heteroatoms. The van der Waals surface area contributed by atoms with Crippen LogP contribution in [0.5, 0.6) is 23.0 Å². The number of benzene rings is 6. The van der Waals surface area contributed by atoms with E-state index in [9.17, 15) is 0 Å². The Kier molecular flexibility index (Phi) is 10.0. The quantitative estimate of drug-likeness (QED) is 0.131. The van der Waals surface area contributed by atoms with Crippen molar-refractivity contribution in [2.45, 2.75) is 20.8 Å². The number of fused-ring (bicyclic) bond motifs is 4. The summed E-state index contributed by atoms with van der Waals surface area (Å²) in [6, 6.07) is 56.3. The fourth-order valence-corrected chi connectivity index (χ4v) is 7.41. The van der Waals surface area contributed by atoms with Gasteiger partial charge in [0, 0.05) is 49.3 Å². The largest absolute Gasteiger partial charge is 0.503 e. The number of aryl methyl sites for hydroxylation is 3. The molecule has 0 amide bonds. The van der Waals surface area contributed by atoms with Gasteiger partial charge in [0.05, 0.1) is 0 Å². The molecule has 4 heterocycles. The van der Waals surface area contributed by atoms with E-state index < -0.39 is 0 Å². The number of para-hydroxylation sites is 1. The molecule has 0 saturated heterocycles. The molecule has 55 heavy (non-hydrogen) atoms. The van der Waals surface area contributed by atoms with E-state index in [1.165, 1.54) is 22.3 Å². The van der Waals surface area contributed by atoms with Gasteiger partial charge in [-0.15, -0.1) is 59.1 Å². The predicted molar refractivity (Wildman–Crippen MR) is 220 cm³/mol. The number of aromatic nitrogens is 2. The fourth-order valence-electron chi connectivity index (χ4n) is 7.41. The molecule has 2 aliphatic rings. The molecule has 6 aromatic carbocycles. The van der Waals surface area contributed by atoms with Gasteiger partial charge >= 0.3 is 0 Å². The number of hydrogen-bond acceptors (Lipinski definition) is 4. The van der Waals surface area contributed by atoms with Crippen molar-refractivity contribution >= 4 is 23.1 Å². The van der Waals surface area contributed by atoms with Crippen molar-refractivity contribution < 1.29 is 29.6 Å². The van der Waals surface area contributed by atoms with Crippen molar-refractivity contribution in [1.29, 1.82) is 0 Å². The van der Waals surface area contributed by atoms with Crippen LogP contribution in [0.25, 0.3) is 44.8 Å². The summed E-state index contributed by atoms with van der Waals surface area (Å²) in [4.78, 5) is 9.37. The molecule has 0 spiro atoms. The van der Waals surface area contributed by atoms with Crippen LogP contribution in [-0.2, 0) is 20.1 Å². The van der Waals surface area contributed by atoms with Gasteiger partial charge in [-0.25, -0.2) is 0 Å². The standard InChI is InChI=1S/C30H19BNO2.C19H16N.Ir/c1-19-17-25(32-18-22(19)20-9-3-2-4-10-20)21-11-7-13-24-30(21)34-28-16-8-15-27-29(28)31(24)23-12-5-6-14-26(23)33-27;1-14-8-10-17(11-9-14)19-12-18(15(2)13-20-19)16-6-4-3-5-7-16;/h2-10,12-18H,1H3;3-10,12-13H,1-2H3;/q2*-1;. The fraction of sp³-hybridized carbons (Fsp3) is 0.0612. The van der Waals surface area contributed by atoms with Crippen LogP contribution in [0.1, 0.15) is 16.7 Å². The Morgan fingerprint density at radius 3 is 1.95 bits per heavy atom. The molecule has 2 aliphatic heterocycles. The van der Waals surface area contributed by atoms with Gasteiger partial charge in [0.25, 0.3) is 0 Å². The van der Waals surface area contributed by atoms with Crippen molar-refractivity contribution in [3.05, 3.63) is 187 Å². The molecule has 0 unspecified atom stereocenters. The first-order chi connectivity index (χ1) is 26.5. The molecular formula is C49H35BIrN2O2-2. The third kappa shape index (κ3) is 6.92. The summed E-state index contributed by atoms with van der Waals surface area (Å²) in [5.74, 6) is 3.37. The first-order valence-electron chi connectivity index (χ1n) is 18.2. The molecule has 0 bridgehead atoms. The summed E-state index contributed by atoms with van der Waals surface area (Å²) in [5, 5.41) is 0. The van der Waals surface area contributed by atoms with Crippen LogP contribution in [0.3, 0.4) is 0 Å². The average molecular weight is 887 g/mol. The number of rotatable bonds is 4. The number of hydrogen-bond donors (Lipinski definition) is 0. The maximum Gasteiger partial charge on any atom is 0.241 e. The Hall–Kier alpha value is -6.07. The van der Waals surface area contributed by atoms with Crippen molar-refractivity contribution in [2.75, 3.05) is 0 Å². The molecule has 4 nitrogen and oxygen atoms in total. The second-order valence-electron chi connectivity index (χ2n) is 13.8. The summed E-state index contributed by atoms with van der Waals surface area (Å²) in [7, 11) is 0. The Balaban J connectivity index is 0.000000175. The van der Waals surface area contributed by atoms with E-state index in [0.717, 1.165) is 78.6 Å². The number of ether oxygens (including phenoxy) is 2. The molecule has 0 atom stereocenters. The van der Waals surface area contributed by atoms with E-state index in [0.29, 0.717) is 0 Å². The molecule has 0 saturated carbocycles. The first kappa shape index (κ1) is 35.9. The van der Waals surface area contributed by atoms with Crippen molar-refractivity contribution in [3.8, 4) is 67.8 Å². The molecule has 0 N–H and O–H groups in total. The summed E-state index contributed by atoms with van der Waals surface area (Å²) >= 11 is 0. The van der Waals surface area contributed by atoms with Gasteiger partial charge in [-0.05, 0) is 76.7 Å². The third-order valence-corrected chi connectivity index (χ3v) is 10.2. The number of nitrogens with zero attached hydrogens (tertiary/aromatic N) is 2. The monoisotopic (exact) mass is 887 g/mol. The van der Waals surface area contributed by atoms with Crippen LogP contribution in [0.4, 0.5) is 0 Å². The van der Waals surface area contributed by atoms with Gasteiger partial charge in [0.1, 0.15) is 17.2 Å². The van der Waals surface area contributed by atoms with Crippen LogP contribution < -0.4 is 25.9 Å². The molecule has 267 valence electrons.